The van der Waals surface area contributed by atoms with Gasteiger partial charge in [0.15, 0.2) is 0 Å². The average Bonchev–Trinajstić information content (AvgIpc) is 2.90. The van der Waals surface area contributed by atoms with Crippen LogP contribution in [0.1, 0.15) is 43.5 Å². The fourth-order valence-corrected chi connectivity index (χ4v) is 2.82. The van der Waals surface area contributed by atoms with Gasteiger partial charge >= 0.3 is 0 Å². The number of nitrogens with two attached hydrogens (primary N) is 1. The minimum Gasteiger partial charge on any atom is -0.508 e. The van der Waals surface area contributed by atoms with Crippen LogP contribution in [0, 0.1) is 11.3 Å². The van der Waals surface area contributed by atoms with Crippen molar-refractivity contribution in [2.24, 2.45) is 5.73 Å². The number of nitrogens with one attached hydrogen (secondary N) is 1. The van der Waals surface area contributed by atoms with E-state index in [9.17, 15) is 10.4 Å². The normalized spacial score (nSPS) is 17.4. The smallest absolute Gasteiger partial charge is 0.244 e. The van der Waals surface area contributed by atoms with Gasteiger partial charge in [0.25, 0.3) is 0 Å². The SMILES string of the molecule is CC(C)(C)c1[nH]nc2c1C(c1ccc(O)cc1)C(C#N)=C(N)O2. The molecule has 3 rings (SSSR count). The highest BCUT2D eigenvalue weighted by atomic mass is 16.5. The topological polar surface area (TPSA) is 108 Å². The lowest BCUT2D eigenvalue weighted by Gasteiger charge is -2.27. The van der Waals surface area contributed by atoms with Crippen molar-refractivity contribution in [1.29, 1.82) is 5.26 Å². The maximum absolute atomic E-state index is 9.56. The number of aromatic nitrogens is 2. The highest BCUT2D eigenvalue weighted by Gasteiger charge is 2.37. The number of allylic oxidation sites excluding steroid dienone is 1. The minimum atomic E-state index is -0.377. The molecule has 0 aliphatic carbocycles. The van der Waals surface area contributed by atoms with Crippen molar-refractivity contribution >= 4 is 0 Å². The van der Waals surface area contributed by atoms with Crippen molar-refractivity contribution < 1.29 is 9.84 Å². The van der Waals surface area contributed by atoms with Gasteiger partial charge in [-0.1, -0.05) is 32.9 Å². The molecule has 1 aliphatic heterocycles. The van der Waals surface area contributed by atoms with Crippen LogP contribution < -0.4 is 10.5 Å². The van der Waals surface area contributed by atoms with E-state index in [0.717, 1.165) is 16.8 Å². The molecule has 23 heavy (non-hydrogen) atoms. The van der Waals surface area contributed by atoms with Crippen LogP contribution in [0.15, 0.2) is 35.7 Å². The molecule has 2 heterocycles. The van der Waals surface area contributed by atoms with E-state index in [1.54, 1.807) is 24.3 Å². The number of hydrogen-bond donors (Lipinski definition) is 3. The van der Waals surface area contributed by atoms with Crippen molar-refractivity contribution in [3.63, 3.8) is 0 Å². The van der Waals surface area contributed by atoms with Crippen LogP contribution in [0.2, 0.25) is 0 Å². The van der Waals surface area contributed by atoms with Crippen LogP contribution in [0.5, 0.6) is 11.6 Å². The lowest BCUT2D eigenvalue weighted by Crippen LogP contribution is -2.23. The molecule has 0 amide bonds. The number of aromatic hydroxyl groups is 1. The number of benzene rings is 1. The summed E-state index contributed by atoms with van der Waals surface area (Å²) in [5.41, 5.74) is 8.61. The standard InChI is InChI=1S/C17H18N4O2/c1-17(2,3)14-13-12(9-4-6-10(22)7-5-9)11(8-18)15(19)23-16(13)21-20-14/h4-7,12,22H,19H2,1-3H3,(H,20,21). The Morgan fingerprint density at radius 3 is 2.52 bits per heavy atom. The molecule has 6 heteroatoms. The van der Waals surface area contributed by atoms with Gasteiger partial charge in [-0.3, -0.25) is 5.10 Å². The lowest BCUT2D eigenvalue weighted by atomic mass is 9.79. The van der Waals surface area contributed by atoms with E-state index in [2.05, 4.69) is 37.0 Å². The van der Waals surface area contributed by atoms with Crippen molar-refractivity contribution in [3.8, 4) is 17.7 Å². The number of H-pyrrole nitrogens is 1. The monoisotopic (exact) mass is 310 g/mol. The molecule has 0 saturated heterocycles. The Bertz CT molecular complexity index is 820. The fourth-order valence-electron chi connectivity index (χ4n) is 2.82. The number of fused-ring (bicyclic) bond motifs is 1. The van der Waals surface area contributed by atoms with Gasteiger partial charge in [-0.25, -0.2) is 0 Å². The first-order chi connectivity index (χ1) is 10.8. The first-order valence-corrected chi connectivity index (χ1v) is 7.28. The first kappa shape index (κ1) is 15.0. The van der Waals surface area contributed by atoms with Gasteiger partial charge in [0.1, 0.15) is 17.4 Å². The van der Waals surface area contributed by atoms with E-state index in [0.29, 0.717) is 11.5 Å². The van der Waals surface area contributed by atoms with Crippen LogP contribution in [0.25, 0.3) is 0 Å². The van der Waals surface area contributed by atoms with E-state index in [4.69, 9.17) is 10.5 Å². The Labute approximate surface area is 134 Å². The summed E-state index contributed by atoms with van der Waals surface area (Å²) in [6, 6.07) is 8.89. The third-order valence-electron chi connectivity index (χ3n) is 3.92. The number of phenolic OH excluding ortho intramolecular Hbond substituents is 1. The average molecular weight is 310 g/mol. The van der Waals surface area contributed by atoms with Gasteiger partial charge < -0.3 is 15.6 Å². The molecule has 0 bridgehead atoms. The summed E-state index contributed by atoms with van der Waals surface area (Å²) in [7, 11) is 0. The molecule has 1 aliphatic rings. The molecule has 2 aromatic rings. The number of ether oxygens (including phenoxy) is 1. The molecule has 4 N–H and O–H groups in total. The second kappa shape index (κ2) is 5.06. The molecule has 1 unspecified atom stereocenters. The summed E-state index contributed by atoms with van der Waals surface area (Å²) < 4.78 is 5.53. The number of nitrogens with zero attached hydrogens (tertiary/aromatic N) is 2. The summed E-state index contributed by atoms with van der Waals surface area (Å²) in [6.45, 7) is 6.17. The molecule has 6 nitrogen and oxygen atoms in total. The number of phenols is 1. The third-order valence-corrected chi connectivity index (χ3v) is 3.92. The zero-order valence-electron chi connectivity index (χ0n) is 13.2. The fraction of sp³-hybridized carbons (Fsp3) is 0.294. The predicted octanol–water partition coefficient (Wildman–Crippen LogP) is 2.63. The molecule has 0 saturated carbocycles. The first-order valence-electron chi connectivity index (χ1n) is 7.28. The third kappa shape index (κ3) is 2.40. The molecule has 0 fully saturated rings. The Balaban J connectivity index is 2.26. The molecule has 1 aromatic carbocycles. The van der Waals surface area contributed by atoms with Gasteiger partial charge in [-0.2, -0.15) is 5.26 Å². The molecule has 0 spiro atoms. The van der Waals surface area contributed by atoms with E-state index < -0.39 is 0 Å². The molecular weight excluding hydrogens is 292 g/mol. The van der Waals surface area contributed by atoms with Gasteiger partial charge in [-0.15, -0.1) is 5.10 Å². The largest absolute Gasteiger partial charge is 0.508 e. The quantitative estimate of drug-likeness (QED) is 0.750. The second-order valence-electron chi connectivity index (χ2n) is 6.58. The van der Waals surface area contributed by atoms with Crippen LogP contribution in [0.3, 0.4) is 0 Å². The van der Waals surface area contributed by atoms with Crippen LogP contribution >= 0.6 is 0 Å². The molecule has 1 atom stereocenters. The molecular formula is C17H18N4O2. The Hall–Kier alpha value is -2.94. The predicted molar refractivity (Wildman–Crippen MR) is 84.7 cm³/mol. The maximum atomic E-state index is 9.56. The lowest BCUT2D eigenvalue weighted by molar-refractivity contribution is 0.378. The van der Waals surface area contributed by atoms with E-state index in [1.807, 2.05) is 0 Å². The molecule has 118 valence electrons. The van der Waals surface area contributed by atoms with Gasteiger partial charge in [0.05, 0.1) is 11.5 Å². The Kier molecular flexibility index (Phi) is 3.29. The van der Waals surface area contributed by atoms with Gasteiger partial charge in [0.2, 0.25) is 11.8 Å². The van der Waals surface area contributed by atoms with Crippen molar-refractivity contribution in [1.82, 2.24) is 10.2 Å². The van der Waals surface area contributed by atoms with Crippen LogP contribution in [-0.2, 0) is 5.41 Å². The van der Waals surface area contributed by atoms with Gasteiger partial charge in [0, 0.05) is 11.1 Å². The number of hydrogen-bond acceptors (Lipinski definition) is 5. The zero-order chi connectivity index (χ0) is 16.8. The Morgan fingerprint density at radius 1 is 1.30 bits per heavy atom. The van der Waals surface area contributed by atoms with Crippen molar-refractivity contribution in [3.05, 3.63) is 52.5 Å². The summed E-state index contributed by atoms with van der Waals surface area (Å²) >= 11 is 0. The summed E-state index contributed by atoms with van der Waals surface area (Å²) in [5.74, 6) is 0.242. The number of nitriles is 1. The van der Waals surface area contributed by atoms with E-state index in [-0.39, 0.29) is 23.0 Å². The number of aromatic amines is 1. The molecule has 1 aromatic heterocycles. The summed E-state index contributed by atoms with van der Waals surface area (Å²) in [6.07, 6.45) is 0. The van der Waals surface area contributed by atoms with Crippen LogP contribution in [-0.4, -0.2) is 15.3 Å². The summed E-state index contributed by atoms with van der Waals surface area (Å²) in [4.78, 5) is 0. The Morgan fingerprint density at radius 2 is 1.96 bits per heavy atom. The van der Waals surface area contributed by atoms with Gasteiger partial charge in [-0.05, 0) is 17.7 Å². The van der Waals surface area contributed by atoms with E-state index >= 15 is 0 Å². The van der Waals surface area contributed by atoms with Crippen LogP contribution in [0.4, 0.5) is 0 Å². The highest BCUT2D eigenvalue weighted by Crippen LogP contribution is 2.45. The zero-order valence-corrected chi connectivity index (χ0v) is 13.2. The van der Waals surface area contributed by atoms with Crippen molar-refractivity contribution in [2.45, 2.75) is 32.1 Å². The maximum Gasteiger partial charge on any atom is 0.244 e. The van der Waals surface area contributed by atoms with Crippen molar-refractivity contribution in [2.75, 3.05) is 0 Å². The number of rotatable bonds is 1. The minimum absolute atomic E-state index is 0.0602. The van der Waals surface area contributed by atoms with E-state index in [1.165, 1.54) is 0 Å². The second-order valence-corrected chi connectivity index (χ2v) is 6.58. The molecule has 0 radical (unpaired) electrons. The highest BCUT2D eigenvalue weighted by molar-refractivity contribution is 5.56. The summed E-state index contributed by atoms with van der Waals surface area (Å²) in [5, 5.41) is 26.3.